The lowest BCUT2D eigenvalue weighted by molar-refractivity contribution is -0.147. The number of esters is 1. The summed E-state index contributed by atoms with van der Waals surface area (Å²) in [7, 11) is 1.48. The molecule has 2 fully saturated rings. The number of nitrogens with zero attached hydrogens (tertiary/aromatic N) is 2. The van der Waals surface area contributed by atoms with Crippen molar-refractivity contribution >= 4 is 5.97 Å². The molecule has 126 valence electrons. The summed E-state index contributed by atoms with van der Waals surface area (Å²) in [6, 6.07) is 4.39. The Bertz CT molecular complexity index is 544. The molecule has 2 aliphatic rings. The molecule has 3 rings (SSSR count). The first kappa shape index (κ1) is 16.4. The van der Waals surface area contributed by atoms with Crippen molar-refractivity contribution in [3.63, 3.8) is 0 Å². The van der Waals surface area contributed by atoms with E-state index < -0.39 is 0 Å². The minimum Gasteiger partial charge on any atom is -0.469 e. The van der Waals surface area contributed by atoms with E-state index in [2.05, 4.69) is 41.2 Å². The number of carbonyl (C=O) groups is 1. The van der Waals surface area contributed by atoms with Crippen LogP contribution in [0.2, 0.25) is 0 Å². The van der Waals surface area contributed by atoms with Crippen molar-refractivity contribution in [3.05, 3.63) is 29.6 Å². The molecule has 2 aliphatic heterocycles. The van der Waals surface area contributed by atoms with Crippen LogP contribution in [-0.2, 0) is 15.1 Å². The van der Waals surface area contributed by atoms with E-state index in [1.165, 1.54) is 18.4 Å². The number of pyridine rings is 1. The van der Waals surface area contributed by atoms with Gasteiger partial charge in [-0.2, -0.15) is 0 Å². The van der Waals surface area contributed by atoms with Crippen LogP contribution in [0.25, 0.3) is 0 Å². The quantitative estimate of drug-likeness (QED) is 0.860. The highest BCUT2D eigenvalue weighted by Crippen LogP contribution is 2.32. The molecule has 0 radical (unpaired) electrons. The van der Waals surface area contributed by atoms with Crippen molar-refractivity contribution in [2.75, 3.05) is 33.3 Å². The van der Waals surface area contributed by atoms with E-state index in [1.807, 2.05) is 6.20 Å². The largest absolute Gasteiger partial charge is 0.469 e. The van der Waals surface area contributed by atoms with Crippen LogP contribution in [-0.4, -0.2) is 49.1 Å². The van der Waals surface area contributed by atoms with Crippen LogP contribution in [0.4, 0.5) is 0 Å². The van der Waals surface area contributed by atoms with Gasteiger partial charge in [0.25, 0.3) is 0 Å². The maximum atomic E-state index is 11.7. The minimum absolute atomic E-state index is 0.0543. The molecule has 1 N–H and O–H groups in total. The minimum atomic E-state index is -0.0671. The third kappa shape index (κ3) is 3.26. The van der Waals surface area contributed by atoms with E-state index in [-0.39, 0.29) is 17.4 Å². The fourth-order valence-electron chi connectivity index (χ4n) is 3.53. The van der Waals surface area contributed by atoms with Gasteiger partial charge in [-0.05, 0) is 51.4 Å². The predicted octanol–water partition coefficient (Wildman–Crippen LogP) is 1.89. The molecule has 0 spiro atoms. The number of likely N-dealkylation sites (tertiary alicyclic amines) is 1. The maximum absolute atomic E-state index is 11.7. The third-order valence-corrected chi connectivity index (χ3v) is 5.51. The first-order chi connectivity index (χ1) is 11.0. The number of ether oxygens (including phenoxy) is 1. The average Bonchev–Trinajstić information content (AvgIpc) is 2.53. The summed E-state index contributed by atoms with van der Waals surface area (Å²) >= 11 is 0. The monoisotopic (exact) mass is 317 g/mol. The Morgan fingerprint density at radius 1 is 1.30 bits per heavy atom. The van der Waals surface area contributed by atoms with E-state index in [1.54, 1.807) is 0 Å². The van der Waals surface area contributed by atoms with Gasteiger partial charge in [0.15, 0.2) is 0 Å². The van der Waals surface area contributed by atoms with Gasteiger partial charge in [0, 0.05) is 36.4 Å². The lowest BCUT2D eigenvalue weighted by Crippen LogP contribution is -2.47. The van der Waals surface area contributed by atoms with Gasteiger partial charge in [0.1, 0.15) is 0 Å². The van der Waals surface area contributed by atoms with Gasteiger partial charge >= 0.3 is 5.97 Å². The lowest BCUT2D eigenvalue weighted by atomic mass is 9.88. The van der Waals surface area contributed by atoms with Crippen LogP contribution in [0.5, 0.6) is 0 Å². The molecule has 5 nitrogen and oxygen atoms in total. The molecule has 1 aromatic heterocycles. The topological polar surface area (TPSA) is 54.5 Å². The molecule has 1 aromatic rings. The number of piperidine rings is 1. The molecule has 0 aromatic carbocycles. The van der Waals surface area contributed by atoms with Crippen molar-refractivity contribution in [2.45, 2.75) is 38.1 Å². The fraction of sp³-hybridized carbons (Fsp3) is 0.667. The number of methoxy groups -OCH3 is 1. The first-order valence-corrected chi connectivity index (χ1v) is 8.52. The van der Waals surface area contributed by atoms with Crippen LogP contribution >= 0.6 is 0 Å². The molecule has 3 heterocycles. The molecule has 0 saturated carbocycles. The van der Waals surface area contributed by atoms with Gasteiger partial charge in [0.2, 0.25) is 0 Å². The number of rotatable bonds is 4. The maximum Gasteiger partial charge on any atom is 0.308 e. The highest BCUT2D eigenvalue weighted by molar-refractivity contribution is 5.72. The molecule has 0 atom stereocenters. The summed E-state index contributed by atoms with van der Waals surface area (Å²) in [5, 5.41) is 3.29. The van der Waals surface area contributed by atoms with Gasteiger partial charge in [0.05, 0.1) is 13.0 Å². The second-order valence-electron chi connectivity index (χ2n) is 7.17. The molecule has 0 amide bonds. The van der Waals surface area contributed by atoms with Gasteiger partial charge in [-0.3, -0.25) is 14.7 Å². The van der Waals surface area contributed by atoms with E-state index in [0.717, 1.165) is 39.0 Å². The zero-order chi connectivity index (χ0) is 16.4. The van der Waals surface area contributed by atoms with Crippen LogP contribution in [0.15, 0.2) is 18.3 Å². The van der Waals surface area contributed by atoms with Crippen molar-refractivity contribution in [1.82, 2.24) is 15.2 Å². The Kier molecular flexibility index (Phi) is 4.69. The van der Waals surface area contributed by atoms with Gasteiger partial charge in [-0.1, -0.05) is 6.07 Å². The Labute approximate surface area is 138 Å². The smallest absolute Gasteiger partial charge is 0.308 e. The Hall–Kier alpha value is -1.46. The van der Waals surface area contributed by atoms with Gasteiger partial charge in [-0.15, -0.1) is 0 Å². The second-order valence-corrected chi connectivity index (χ2v) is 7.17. The molecule has 0 aliphatic carbocycles. The number of hydrogen-bond donors (Lipinski definition) is 1. The van der Waals surface area contributed by atoms with Crippen molar-refractivity contribution < 1.29 is 9.53 Å². The van der Waals surface area contributed by atoms with E-state index in [0.29, 0.717) is 5.92 Å². The molecular formula is C18H27N3O2. The SMILES string of the molecule is COC(=O)C1CCN(C(C)(C)c2ccc(C3CNC3)nc2)CC1. The van der Waals surface area contributed by atoms with Crippen LogP contribution in [0.1, 0.15) is 43.9 Å². The zero-order valence-corrected chi connectivity index (χ0v) is 14.3. The molecule has 0 bridgehead atoms. The molecule has 5 heteroatoms. The van der Waals surface area contributed by atoms with Crippen molar-refractivity contribution in [3.8, 4) is 0 Å². The zero-order valence-electron chi connectivity index (χ0n) is 14.3. The highest BCUT2D eigenvalue weighted by atomic mass is 16.5. The van der Waals surface area contributed by atoms with Crippen molar-refractivity contribution in [1.29, 1.82) is 0 Å². The summed E-state index contributed by atoms with van der Waals surface area (Å²) < 4.78 is 4.87. The molecule has 2 saturated heterocycles. The van der Waals surface area contributed by atoms with Gasteiger partial charge in [-0.25, -0.2) is 0 Å². The molecule has 0 unspecified atom stereocenters. The van der Waals surface area contributed by atoms with Crippen LogP contribution in [0, 0.1) is 5.92 Å². The summed E-state index contributed by atoms with van der Waals surface area (Å²) in [5.74, 6) is 0.559. The lowest BCUT2D eigenvalue weighted by Gasteiger charge is -2.42. The number of carbonyl (C=O) groups excluding carboxylic acids is 1. The standard InChI is InChI=1S/C18H27N3O2/c1-18(2,21-8-6-13(7-9-21)17(22)23-3)15-4-5-16(20-12-15)14-10-19-11-14/h4-5,12-14,19H,6-11H2,1-3H3. The van der Waals surface area contributed by atoms with Crippen LogP contribution in [0.3, 0.4) is 0 Å². The van der Waals surface area contributed by atoms with E-state index in [4.69, 9.17) is 4.74 Å². The van der Waals surface area contributed by atoms with Gasteiger partial charge < -0.3 is 10.1 Å². The molecule has 23 heavy (non-hydrogen) atoms. The third-order valence-electron chi connectivity index (χ3n) is 5.51. The molecular weight excluding hydrogens is 290 g/mol. The summed E-state index contributed by atoms with van der Waals surface area (Å²) in [4.78, 5) is 18.8. The summed E-state index contributed by atoms with van der Waals surface area (Å²) in [6.07, 6.45) is 3.77. The van der Waals surface area contributed by atoms with E-state index >= 15 is 0 Å². The fourth-order valence-corrected chi connectivity index (χ4v) is 3.53. The first-order valence-electron chi connectivity index (χ1n) is 8.52. The van der Waals surface area contributed by atoms with Crippen molar-refractivity contribution in [2.24, 2.45) is 5.92 Å². The predicted molar refractivity (Wildman–Crippen MR) is 89.2 cm³/mol. The summed E-state index contributed by atoms with van der Waals surface area (Å²) in [6.45, 7) is 8.40. The number of nitrogens with one attached hydrogen (secondary N) is 1. The van der Waals surface area contributed by atoms with E-state index in [9.17, 15) is 4.79 Å². The normalized spacial score (nSPS) is 21.0. The summed E-state index contributed by atoms with van der Waals surface area (Å²) in [5.41, 5.74) is 2.36. The second kappa shape index (κ2) is 6.57. The highest BCUT2D eigenvalue weighted by Gasteiger charge is 2.34. The number of hydrogen-bond acceptors (Lipinski definition) is 5. The average molecular weight is 317 g/mol. The Balaban J connectivity index is 1.65. The number of aromatic nitrogens is 1. The Morgan fingerprint density at radius 2 is 2.00 bits per heavy atom. The Morgan fingerprint density at radius 3 is 2.48 bits per heavy atom. The van der Waals surface area contributed by atoms with Crippen LogP contribution < -0.4 is 5.32 Å².